The first kappa shape index (κ1) is 16.8. The lowest BCUT2D eigenvalue weighted by Crippen LogP contribution is -2.31. The molecule has 1 amide bonds. The van der Waals surface area contributed by atoms with E-state index in [-0.39, 0.29) is 5.56 Å². The van der Waals surface area contributed by atoms with Gasteiger partial charge in [-0.05, 0) is 24.3 Å². The molecule has 0 N–H and O–H groups in total. The second kappa shape index (κ2) is 6.47. The van der Waals surface area contributed by atoms with Crippen LogP contribution in [0.25, 0.3) is 0 Å². The number of nitrogens with zero attached hydrogens (tertiary/aromatic N) is 1. The Morgan fingerprint density at radius 2 is 1.88 bits per heavy atom. The molecule has 0 spiro atoms. The van der Waals surface area contributed by atoms with Gasteiger partial charge in [-0.25, -0.2) is 4.39 Å². The van der Waals surface area contributed by atoms with Crippen LogP contribution in [-0.2, 0) is 6.18 Å². The fourth-order valence-corrected chi connectivity index (χ4v) is 3.88. The summed E-state index contributed by atoms with van der Waals surface area (Å²) in [5, 5.41) is -0.534. The van der Waals surface area contributed by atoms with Crippen molar-refractivity contribution in [1.29, 1.82) is 0 Å². The molecule has 1 aliphatic rings. The molecule has 2 aromatic rings. The maximum atomic E-state index is 14.0. The van der Waals surface area contributed by atoms with Gasteiger partial charge in [0.05, 0.1) is 5.56 Å². The molecule has 2 nitrogen and oxygen atoms in total. The van der Waals surface area contributed by atoms with Gasteiger partial charge >= 0.3 is 6.18 Å². The van der Waals surface area contributed by atoms with Crippen molar-refractivity contribution in [2.45, 2.75) is 11.6 Å². The zero-order valence-corrected chi connectivity index (χ0v) is 13.2. The third kappa shape index (κ3) is 3.26. The topological polar surface area (TPSA) is 20.3 Å². The van der Waals surface area contributed by atoms with Crippen molar-refractivity contribution in [3.05, 3.63) is 71.0 Å². The van der Waals surface area contributed by atoms with Crippen LogP contribution in [0.3, 0.4) is 0 Å². The molecule has 0 bridgehead atoms. The van der Waals surface area contributed by atoms with Crippen LogP contribution in [0.4, 0.5) is 17.6 Å². The number of alkyl halides is 3. The quantitative estimate of drug-likeness (QED) is 0.726. The molecule has 2 aromatic carbocycles. The Morgan fingerprint density at radius 3 is 2.58 bits per heavy atom. The molecule has 24 heavy (non-hydrogen) atoms. The minimum absolute atomic E-state index is 0.0475. The molecular weight excluding hydrogens is 342 g/mol. The maximum Gasteiger partial charge on any atom is 0.416 e. The van der Waals surface area contributed by atoms with E-state index in [9.17, 15) is 22.4 Å². The van der Waals surface area contributed by atoms with Gasteiger partial charge in [0.25, 0.3) is 5.91 Å². The van der Waals surface area contributed by atoms with Crippen LogP contribution in [-0.4, -0.2) is 23.1 Å². The number of thioether (sulfide) groups is 1. The SMILES string of the molecule is O=C(c1cccc(C(F)(F)F)c1)N1CCS[C@@H]1c1ccccc1F. The zero-order chi connectivity index (χ0) is 17.3. The van der Waals surface area contributed by atoms with Crippen molar-refractivity contribution in [2.75, 3.05) is 12.3 Å². The van der Waals surface area contributed by atoms with E-state index in [1.807, 2.05) is 0 Å². The minimum Gasteiger partial charge on any atom is -0.322 e. The lowest BCUT2D eigenvalue weighted by atomic mass is 10.1. The zero-order valence-electron chi connectivity index (χ0n) is 12.4. The summed E-state index contributed by atoms with van der Waals surface area (Å²) in [4.78, 5) is 14.1. The lowest BCUT2D eigenvalue weighted by molar-refractivity contribution is -0.137. The fraction of sp³-hybridized carbons (Fsp3) is 0.235. The Bertz CT molecular complexity index is 762. The second-order valence-corrected chi connectivity index (χ2v) is 6.51. The van der Waals surface area contributed by atoms with Crippen LogP contribution >= 0.6 is 11.8 Å². The van der Waals surface area contributed by atoms with Crippen molar-refractivity contribution >= 4 is 17.7 Å². The minimum atomic E-state index is -4.51. The van der Waals surface area contributed by atoms with Gasteiger partial charge in [0, 0.05) is 23.4 Å². The van der Waals surface area contributed by atoms with Crippen molar-refractivity contribution in [3.8, 4) is 0 Å². The van der Waals surface area contributed by atoms with Crippen LogP contribution in [0.5, 0.6) is 0 Å². The van der Waals surface area contributed by atoms with E-state index in [2.05, 4.69) is 0 Å². The molecule has 1 fully saturated rings. The number of rotatable bonds is 2. The Hall–Kier alpha value is -2.02. The Balaban J connectivity index is 1.91. The van der Waals surface area contributed by atoms with Gasteiger partial charge in [0.1, 0.15) is 11.2 Å². The van der Waals surface area contributed by atoms with E-state index in [1.54, 1.807) is 18.2 Å². The van der Waals surface area contributed by atoms with Crippen LogP contribution in [0.2, 0.25) is 0 Å². The van der Waals surface area contributed by atoms with Crippen molar-refractivity contribution in [2.24, 2.45) is 0 Å². The van der Waals surface area contributed by atoms with Crippen LogP contribution in [0.1, 0.15) is 26.9 Å². The summed E-state index contributed by atoms with van der Waals surface area (Å²) < 4.78 is 52.5. The molecule has 3 rings (SSSR count). The highest BCUT2D eigenvalue weighted by Crippen LogP contribution is 2.40. The highest BCUT2D eigenvalue weighted by atomic mass is 32.2. The van der Waals surface area contributed by atoms with Gasteiger partial charge in [0.15, 0.2) is 0 Å². The normalized spacial score (nSPS) is 18.0. The molecule has 126 valence electrons. The summed E-state index contributed by atoms with van der Waals surface area (Å²) in [5.41, 5.74) is -0.559. The molecule has 1 saturated heterocycles. The predicted molar refractivity (Wildman–Crippen MR) is 84.1 cm³/mol. The van der Waals surface area contributed by atoms with Crippen LogP contribution in [0.15, 0.2) is 48.5 Å². The van der Waals surface area contributed by atoms with Crippen LogP contribution in [0, 0.1) is 5.82 Å². The summed E-state index contributed by atoms with van der Waals surface area (Å²) in [6, 6.07) is 10.4. The van der Waals surface area contributed by atoms with Crippen molar-refractivity contribution < 1.29 is 22.4 Å². The van der Waals surface area contributed by atoms with Crippen molar-refractivity contribution in [3.63, 3.8) is 0 Å². The Kier molecular flexibility index (Phi) is 4.54. The highest BCUT2D eigenvalue weighted by molar-refractivity contribution is 7.99. The first-order valence-electron chi connectivity index (χ1n) is 7.22. The van der Waals surface area contributed by atoms with Gasteiger partial charge in [-0.15, -0.1) is 11.8 Å². The molecule has 7 heteroatoms. The van der Waals surface area contributed by atoms with Crippen LogP contribution < -0.4 is 0 Å². The van der Waals surface area contributed by atoms with E-state index in [4.69, 9.17) is 0 Å². The molecule has 0 saturated carbocycles. The summed E-state index contributed by atoms with van der Waals surface area (Å²) in [7, 11) is 0. The monoisotopic (exact) mass is 355 g/mol. The average Bonchev–Trinajstić information content (AvgIpc) is 3.03. The van der Waals surface area contributed by atoms with Gasteiger partial charge in [-0.1, -0.05) is 24.3 Å². The summed E-state index contributed by atoms with van der Waals surface area (Å²) in [6.45, 7) is 0.360. The molecule has 0 unspecified atom stereocenters. The standard InChI is InChI=1S/C17H13F4NOS/c18-14-7-2-1-6-13(14)16-22(8-9-24-16)15(23)11-4-3-5-12(10-11)17(19,20)21/h1-7,10,16H,8-9H2/t16-/m1/s1. The highest BCUT2D eigenvalue weighted by Gasteiger charge is 2.35. The second-order valence-electron chi connectivity index (χ2n) is 5.32. The van der Waals surface area contributed by atoms with E-state index >= 15 is 0 Å². The summed E-state index contributed by atoms with van der Waals surface area (Å²) >= 11 is 1.39. The molecule has 1 aliphatic heterocycles. The molecule has 0 radical (unpaired) electrons. The molecule has 0 aromatic heterocycles. The Morgan fingerprint density at radius 1 is 1.12 bits per heavy atom. The van der Waals surface area contributed by atoms with Gasteiger partial charge in [-0.3, -0.25) is 4.79 Å². The van der Waals surface area contributed by atoms with Gasteiger partial charge < -0.3 is 4.90 Å². The predicted octanol–water partition coefficient (Wildman–Crippen LogP) is 4.73. The van der Waals surface area contributed by atoms with E-state index in [0.717, 1.165) is 12.1 Å². The van der Waals surface area contributed by atoms with Crippen molar-refractivity contribution in [1.82, 2.24) is 4.90 Å². The number of hydrogen-bond donors (Lipinski definition) is 0. The Labute approximate surface area is 140 Å². The first-order valence-corrected chi connectivity index (χ1v) is 8.27. The largest absolute Gasteiger partial charge is 0.416 e. The number of benzene rings is 2. The molecule has 1 heterocycles. The number of halogens is 4. The number of amides is 1. The van der Waals surface area contributed by atoms with E-state index in [1.165, 1.54) is 34.9 Å². The third-order valence-corrected chi connectivity index (χ3v) is 5.00. The summed E-state index contributed by atoms with van der Waals surface area (Å²) in [6.07, 6.45) is -4.51. The molecule has 1 atom stereocenters. The number of hydrogen-bond acceptors (Lipinski definition) is 2. The lowest BCUT2D eigenvalue weighted by Gasteiger charge is -2.24. The first-order chi connectivity index (χ1) is 11.4. The van der Waals surface area contributed by atoms with Gasteiger partial charge in [0.2, 0.25) is 0 Å². The number of carbonyl (C=O) groups excluding carboxylic acids is 1. The fourth-order valence-electron chi connectivity index (χ4n) is 2.61. The van der Waals surface area contributed by atoms with E-state index < -0.39 is 28.8 Å². The average molecular weight is 355 g/mol. The summed E-state index contributed by atoms with van der Waals surface area (Å²) in [5.74, 6) is -0.359. The third-order valence-electron chi connectivity index (χ3n) is 3.76. The van der Waals surface area contributed by atoms with E-state index in [0.29, 0.717) is 17.9 Å². The number of carbonyl (C=O) groups is 1. The van der Waals surface area contributed by atoms with Gasteiger partial charge in [-0.2, -0.15) is 13.2 Å². The smallest absolute Gasteiger partial charge is 0.322 e. The molecular formula is C17H13F4NOS. The maximum absolute atomic E-state index is 14.0. The molecule has 0 aliphatic carbocycles.